The Bertz CT molecular complexity index is 1460. The molecule has 0 saturated heterocycles. The second-order valence-corrected chi connectivity index (χ2v) is 15.3. The lowest BCUT2D eigenvalue weighted by Crippen LogP contribution is -2.72. The highest BCUT2D eigenvalue weighted by atomic mass is 28.3. The second kappa shape index (κ2) is 14.6. The summed E-state index contributed by atoms with van der Waals surface area (Å²) in [7, 11) is -2.66. The molecular weight excluding hydrogens is 531 g/mol. The maximum atomic E-state index is 13.9. The number of amides is 1. The number of hydrogen-bond donors (Lipinski definition) is 1. The fourth-order valence-corrected chi connectivity index (χ4v) is 11.7. The summed E-state index contributed by atoms with van der Waals surface area (Å²) >= 11 is 0. The molecule has 0 radical (unpaired) electrons. The van der Waals surface area contributed by atoms with Crippen LogP contribution in [0.5, 0.6) is 0 Å². The Balaban J connectivity index is 1.56. The first-order valence-corrected chi connectivity index (χ1v) is 17.1. The predicted octanol–water partition coefficient (Wildman–Crippen LogP) is 6.68. The molecule has 1 unspecified atom stereocenters. The van der Waals surface area contributed by atoms with Gasteiger partial charge in [-0.2, -0.15) is 0 Å². The molecule has 3 nitrogen and oxygen atoms in total. The van der Waals surface area contributed by atoms with Gasteiger partial charge in [-0.15, -0.1) is 0 Å². The largest absolute Gasteiger partial charge is 0.377 e. The van der Waals surface area contributed by atoms with Crippen molar-refractivity contribution in [2.24, 2.45) is 5.92 Å². The first-order valence-electron chi connectivity index (χ1n) is 14.8. The van der Waals surface area contributed by atoms with Crippen molar-refractivity contribution >= 4 is 24.4 Å². The Labute approximate surface area is 251 Å². The lowest BCUT2D eigenvalue weighted by Gasteiger charge is -2.42. The van der Waals surface area contributed by atoms with E-state index < -0.39 is 8.07 Å². The summed E-state index contributed by atoms with van der Waals surface area (Å²) in [6.07, 6.45) is 0.743. The zero-order valence-electron chi connectivity index (χ0n) is 24.2. The summed E-state index contributed by atoms with van der Waals surface area (Å²) in [6, 6.07) is 53.2. The van der Waals surface area contributed by atoms with Crippen LogP contribution in [-0.4, -0.2) is 26.3 Å². The summed E-state index contributed by atoms with van der Waals surface area (Å²) in [6.45, 7) is 3.53. The SMILES string of the molecule is C[C@@H](COCc1ccccc1)C[Si](c1ccccc1)(c1ccccc1)C(Cc1ccccc1)NC(=O)c1ccccc1. The van der Waals surface area contributed by atoms with E-state index in [4.69, 9.17) is 4.74 Å². The van der Waals surface area contributed by atoms with Crippen LogP contribution in [0.2, 0.25) is 6.04 Å². The van der Waals surface area contributed by atoms with Crippen LogP contribution in [0.1, 0.15) is 28.4 Å². The zero-order valence-corrected chi connectivity index (χ0v) is 25.2. The minimum atomic E-state index is -2.66. The topological polar surface area (TPSA) is 38.3 Å². The highest BCUT2D eigenvalue weighted by Crippen LogP contribution is 2.25. The molecule has 0 heterocycles. The van der Waals surface area contributed by atoms with Gasteiger partial charge in [0, 0.05) is 17.8 Å². The number of ether oxygens (including phenoxy) is 1. The van der Waals surface area contributed by atoms with E-state index in [0.29, 0.717) is 18.8 Å². The van der Waals surface area contributed by atoms with Crippen molar-refractivity contribution in [1.29, 1.82) is 0 Å². The Kier molecular flexibility index (Phi) is 10.2. The number of benzene rings is 5. The van der Waals surface area contributed by atoms with Crippen LogP contribution in [0, 0.1) is 5.92 Å². The van der Waals surface area contributed by atoms with Crippen LogP contribution in [0.3, 0.4) is 0 Å². The van der Waals surface area contributed by atoms with E-state index in [9.17, 15) is 4.79 Å². The highest BCUT2D eigenvalue weighted by molar-refractivity contribution is 7.03. The minimum absolute atomic E-state index is 0.0340. The van der Waals surface area contributed by atoms with Crippen LogP contribution in [0.25, 0.3) is 0 Å². The maximum absolute atomic E-state index is 13.9. The van der Waals surface area contributed by atoms with Crippen LogP contribution in [-0.2, 0) is 17.8 Å². The molecule has 5 aromatic carbocycles. The van der Waals surface area contributed by atoms with Gasteiger partial charge >= 0.3 is 0 Å². The zero-order chi connectivity index (χ0) is 29.0. The smallest absolute Gasteiger partial charge is 0.251 e. The van der Waals surface area contributed by atoms with Gasteiger partial charge in [-0.25, -0.2) is 0 Å². The monoisotopic (exact) mass is 569 g/mol. The van der Waals surface area contributed by atoms with E-state index >= 15 is 0 Å². The summed E-state index contributed by atoms with van der Waals surface area (Å²) in [5.74, 6) is 0.237. The minimum Gasteiger partial charge on any atom is -0.377 e. The predicted molar refractivity (Wildman–Crippen MR) is 176 cm³/mol. The molecule has 0 aliphatic carbocycles. The van der Waals surface area contributed by atoms with Gasteiger partial charge in [-0.1, -0.05) is 157 Å². The Morgan fingerprint density at radius 2 is 1.10 bits per heavy atom. The third-order valence-corrected chi connectivity index (χ3v) is 13.6. The Hall–Kier alpha value is -4.25. The molecule has 0 bridgehead atoms. The fraction of sp³-hybridized carbons (Fsp3) is 0.184. The number of hydrogen-bond acceptors (Lipinski definition) is 2. The molecule has 4 heteroatoms. The number of carbonyl (C=O) groups is 1. The normalized spacial score (nSPS) is 12.8. The average Bonchev–Trinajstić information content (AvgIpc) is 3.05. The number of carbonyl (C=O) groups excluding carboxylic acids is 1. The maximum Gasteiger partial charge on any atom is 0.251 e. The van der Waals surface area contributed by atoms with E-state index in [1.165, 1.54) is 21.5 Å². The third kappa shape index (κ3) is 7.33. The van der Waals surface area contributed by atoms with Gasteiger partial charge in [-0.05, 0) is 41.6 Å². The van der Waals surface area contributed by atoms with Crippen molar-refractivity contribution < 1.29 is 9.53 Å². The van der Waals surface area contributed by atoms with Gasteiger partial charge in [0.15, 0.2) is 0 Å². The standard InChI is InChI=1S/C38H39NO2Si/c1-31(28-41-29-33-19-9-3-10-20-33)30-42(35-23-13-5-14-24-35,36-25-15-6-16-26-36)37(27-32-17-7-2-8-18-32)39-38(40)34-21-11-4-12-22-34/h2-26,31,37H,27-30H2,1H3,(H,39,40)/t31-,37?/m0/s1. The molecule has 5 rings (SSSR count). The van der Waals surface area contributed by atoms with Crippen LogP contribution < -0.4 is 15.7 Å². The summed E-state index contributed by atoms with van der Waals surface area (Å²) in [5, 5.41) is 6.23. The lowest BCUT2D eigenvalue weighted by atomic mass is 10.1. The van der Waals surface area contributed by atoms with Crippen molar-refractivity contribution in [3.05, 3.63) is 168 Å². The average molecular weight is 570 g/mol. The summed E-state index contributed by atoms with van der Waals surface area (Å²) in [5.41, 5.74) is 2.98. The first-order chi connectivity index (χ1) is 20.6. The van der Waals surface area contributed by atoms with Gasteiger partial charge in [0.1, 0.15) is 8.07 Å². The molecule has 0 aliphatic heterocycles. The van der Waals surface area contributed by atoms with Crippen molar-refractivity contribution in [2.45, 2.75) is 31.7 Å². The van der Waals surface area contributed by atoms with Gasteiger partial charge < -0.3 is 10.1 Å². The molecule has 42 heavy (non-hydrogen) atoms. The summed E-state index contributed by atoms with van der Waals surface area (Å²) < 4.78 is 6.28. The van der Waals surface area contributed by atoms with Gasteiger partial charge in [-0.3, -0.25) is 4.79 Å². The lowest BCUT2D eigenvalue weighted by molar-refractivity contribution is 0.0942. The van der Waals surface area contributed by atoms with Crippen molar-refractivity contribution in [3.63, 3.8) is 0 Å². The molecule has 2 atom stereocenters. The van der Waals surface area contributed by atoms with Crippen LogP contribution in [0.4, 0.5) is 0 Å². The van der Waals surface area contributed by atoms with Gasteiger partial charge in [0.2, 0.25) is 0 Å². The molecule has 5 aromatic rings. The Morgan fingerprint density at radius 1 is 0.643 bits per heavy atom. The third-order valence-electron chi connectivity index (χ3n) is 7.98. The molecule has 0 aromatic heterocycles. The van der Waals surface area contributed by atoms with E-state index in [0.717, 1.165) is 12.5 Å². The molecule has 0 aliphatic rings. The molecule has 0 fully saturated rings. The van der Waals surface area contributed by atoms with E-state index in [-0.39, 0.29) is 17.5 Å². The molecule has 0 saturated carbocycles. The summed E-state index contributed by atoms with van der Waals surface area (Å²) in [4.78, 5) is 13.9. The number of nitrogens with one attached hydrogen (secondary N) is 1. The van der Waals surface area contributed by atoms with Crippen molar-refractivity contribution in [3.8, 4) is 0 Å². The molecule has 212 valence electrons. The van der Waals surface area contributed by atoms with Gasteiger partial charge in [0.05, 0.1) is 6.61 Å². The molecule has 1 amide bonds. The van der Waals surface area contributed by atoms with E-state index in [1.54, 1.807) is 0 Å². The quantitative estimate of drug-likeness (QED) is 0.161. The highest BCUT2D eigenvalue weighted by Gasteiger charge is 2.46. The van der Waals surface area contributed by atoms with E-state index in [1.807, 2.05) is 42.5 Å². The molecule has 0 spiro atoms. The van der Waals surface area contributed by atoms with Crippen molar-refractivity contribution in [2.75, 3.05) is 6.61 Å². The Morgan fingerprint density at radius 3 is 1.62 bits per heavy atom. The molecule has 1 N–H and O–H groups in total. The first kappa shape index (κ1) is 29.2. The van der Waals surface area contributed by atoms with E-state index in [2.05, 4.69) is 121 Å². The van der Waals surface area contributed by atoms with Gasteiger partial charge in [0.25, 0.3) is 5.91 Å². The van der Waals surface area contributed by atoms with Crippen molar-refractivity contribution in [1.82, 2.24) is 5.32 Å². The number of rotatable bonds is 13. The van der Waals surface area contributed by atoms with Crippen LogP contribution >= 0.6 is 0 Å². The molecular formula is C38H39NO2Si. The van der Waals surface area contributed by atoms with Crippen LogP contribution in [0.15, 0.2) is 152 Å². The second-order valence-electron chi connectivity index (χ2n) is 11.1. The fourth-order valence-electron chi connectivity index (χ4n) is 6.01.